The van der Waals surface area contributed by atoms with Gasteiger partial charge in [-0.3, -0.25) is 0 Å². The van der Waals surface area contributed by atoms with Gasteiger partial charge in [0.15, 0.2) is 5.82 Å². The summed E-state index contributed by atoms with van der Waals surface area (Å²) in [6.45, 7) is 0. The maximum atomic E-state index is 13.7. The number of carboxylic acids is 1. The molecule has 0 spiro atoms. The second-order valence-corrected chi connectivity index (χ2v) is 4.14. The molecule has 2 rings (SSSR count). The Labute approximate surface area is 104 Å². The van der Waals surface area contributed by atoms with Crippen molar-refractivity contribution < 1.29 is 19.0 Å². The lowest BCUT2D eigenvalue weighted by Crippen LogP contribution is -2.03. The summed E-state index contributed by atoms with van der Waals surface area (Å²) in [5, 5.41) is 9.36. The summed E-state index contributed by atoms with van der Waals surface area (Å²) in [5.41, 5.74) is -0.0250. The molecule has 88 valence electrons. The Morgan fingerprint density at radius 2 is 2.24 bits per heavy atom. The molecule has 0 saturated carbocycles. The average Bonchev–Trinajstić information content (AvgIpc) is 2.32. The fourth-order valence-electron chi connectivity index (χ4n) is 1.47. The van der Waals surface area contributed by atoms with E-state index in [1.165, 1.54) is 19.2 Å². The lowest BCUT2D eigenvalue weighted by Gasteiger charge is -2.07. The van der Waals surface area contributed by atoms with Gasteiger partial charge in [-0.2, -0.15) is 0 Å². The summed E-state index contributed by atoms with van der Waals surface area (Å²) in [7, 11) is 1.29. The zero-order valence-electron chi connectivity index (χ0n) is 8.70. The van der Waals surface area contributed by atoms with E-state index in [0.717, 1.165) is 0 Å². The molecule has 0 aliphatic carbocycles. The minimum absolute atomic E-state index is 0.0706. The molecule has 2 aromatic rings. The molecule has 0 atom stereocenters. The summed E-state index contributed by atoms with van der Waals surface area (Å²) in [5.74, 6) is -1.82. The zero-order valence-corrected chi connectivity index (χ0v) is 10.3. The second kappa shape index (κ2) is 4.29. The minimum Gasteiger partial charge on any atom is -0.480 e. The fourth-order valence-corrected chi connectivity index (χ4v) is 1.79. The summed E-state index contributed by atoms with van der Waals surface area (Å²) in [6, 6.07) is 4.41. The first-order valence-corrected chi connectivity index (χ1v) is 5.40. The van der Waals surface area contributed by atoms with Crippen molar-refractivity contribution in [2.45, 2.75) is 0 Å². The highest BCUT2D eigenvalue weighted by atomic mass is 79.9. The molecule has 1 aromatic carbocycles. The summed E-state index contributed by atoms with van der Waals surface area (Å²) in [6.07, 6.45) is 0. The van der Waals surface area contributed by atoms with Crippen molar-refractivity contribution in [3.8, 4) is 5.88 Å². The van der Waals surface area contributed by atoms with Crippen LogP contribution >= 0.6 is 15.9 Å². The Kier molecular flexibility index (Phi) is 2.97. The molecule has 0 amide bonds. The molecule has 0 aliphatic rings. The van der Waals surface area contributed by atoms with E-state index < -0.39 is 11.8 Å². The van der Waals surface area contributed by atoms with E-state index in [1.807, 2.05) is 0 Å². The fraction of sp³-hybridized carbons (Fsp3) is 0.0909. The zero-order chi connectivity index (χ0) is 12.6. The molecule has 0 fully saturated rings. The van der Waals surface area contributed by atoms with Crippen molar-refractivity contribution in [3.63, 3.8) is 0 Å². The molecule has 1 heterocycles. The molecule has 17 heavy (non-hydrogen) atoms. The standard InChI is InChI=1S/C11H7BrFNO3/c1-17-10-6(11(15)16)4-5-2-3-7(12)8(13)9(5)14-10/h2-4H,1H3,(H,15,16). The van der Waals surface area contributed by atoms with Gasteiger partial charge < -0.3 is 9.84 Å². The summed E-state index contributed by atoms with van der Waals surface area (Å²) >= 11 is 3.04. The van der Waals surface area contributed by atoms with E-state index in [0.29, 0.717) is 5.39 Å². The van der Waals surface area contributed by atoms with Crippen LogP contribution in [0, 0.1) is 5.82 Å². The van der Waals surface area contributed by atoms with Crippen LogP contribution in [0.25, 0.3) is 10.9 Å². The molecule has 0 bridgehead atoms. The number of carbonyl (C=O) groups is 1. The maximum Gasteiger partial charge on any atom is 0.341 e. The van der Waals surface area contributed by atoms with Crippen molar-refractivity contribution in [1.82, 2.24) is 4.98 Å². The van der Waals surface area contributed by atoms with E-state index in [9.17, 15) is 9.18 Å². The number of carboxylic acid groups (broad SMARTS) is 1. The minimum atomic E-state index is -1.17. The number of halogens is 2. The number of pyridine rings is 1. The average molecular weight is 300 g/mol. The highest BCUT2D eigenvalue weighted by molar-refractivity contribution is 9.10. The predicted octanol–water partition coefficient (Wildman–Crippen LogP) is 2.84. The van der Waals surface area contributed by atoms with E-state index in [1.54, 1.807) is 6.07 Å². The number of hydrogen-bond donors (Lipinski definition) is 1. The highest BCUT2D eigenvalue weighted by Crippen LogP contribution is 2.27. The predicted molar refractivity (Wildman–Crippen MR) is 62.9 cm³/mol. The molecule has 0 aliphatic heterocycles. The van der Waals surface area contributed by atoms with Crippen LogP contribution in [0.15, 0.2) is 22.7 Å². The van der Waals surface area contributed by atoms with Gasteiger partial charge in [0.25, 0.3) is 0 Å². The van der Waals surface area contributed by atoms with E-state index in [2.05, 4.69) is 20.9 Å². The smallest absolute Gasteiger partial charge is 0.341 e. The molecule has 4 nitrogen and oxygen atoms in total. The number of ether oxygens (including phenoxy) is 1. The van der Waals surface area contributed by atoms with Gasteiger partial charge >= 0.3 is 5.97 Å². The summed E-state index contributed by atoms with van der Waals surface area (Å²) < 4.78 is 18.8. The van der Waals surface area contributed by atoms with Gasteiger partial charge in [0.05, 0.1) is 11.6 Å². The second-order valence-electron chi connectivity index (χ2n) is 3.28. The maximum absolute atomic E-state index is 13.7. The number of methoxy groups -OCH3 is 1. The molecular formula is C11H7BrFNO3. The summed E-state index contributed by atoms with van der Waals surface area (Å²) in [4.78, 5) is 14.8. The number of benzene rings is 1. The third-order valence-corrected chi connectivity index (χ3v) is 2.88. The van der Waals surface area contributed by atoms with Gasteiger partial charge in [0.2, 0.25) is 5.88 Å². The van der Waals surface area contributed by atoms with Crippen LogP contribution in [0.5, 0.6) is 5.88 Å². The van der Waals surface area contributed by atoms with Gasteiger partial charge in [-0.05, 0) is 28.1 Å². The van der Waals surface area contributed by atoms with Crippen molar-refractivity contribution in [2.24, 2.45) is 0 Å². The molecule has 1 N–H and O–H groups in total. The van der Waals surface area contributed by atoms with Crippen molar-refractivity contribution in [2.75, 3.05) is 7.11 Å². The molecule has 6 heteroatoms. The topological polar surface area (TPSA) is 59.4 Å². The third-order valence-electron chi connectivity index (χ3n) is 2.27. The first-order valence-electron chi connectivity index (χ1n) is 4.60. The van der Waals surface area contributed by atoms with Gasteiger partial charge in [0.1, 0.15) is 11.1 Å². The molecule has 0 radical (unpaired) electrons. The monoisotopic (exact) mass is 299 g/mol. The highest BCUT2D eigenvalue weighted by Gasteiger charge is 2.16. The first-order chi connectivity index (χ1) is 8.04. The van der Waals surface area contributed by atoms with Crippen LogP contribution in [-0.4, -0.2) is 23.2 Å². The van der Waals surface area contributed by atoms with Crippen molar-refractivity contribution in [1.29, 1.82) is 0 Å². The van der Waals surface area contributed by atoms with Crippen molar-refractivity contribution in [3.05, 3.63) is 34.1 Å². The first kappa shape index (κ1) is 11.8. The lowest BCUT2D eigenvalue weighted by atomic mass is 10.1. The van der Waals surface area contributed by atoms with Gasteiger partial charge in [-0.1, -0.05) is 6.07 Å². The van der Waals surface area contributed by atoms with Gasteiger partial charge in [-0.25, -0.2) is 14.2 Å². The number of aromatic nitrogens is 1. The van der Waals surface area contributed by atoms with E-state index in [-0.39, 0.29) is 21.4 Å². The van der Waals surface area contributed by atoms with Gasteiger partial charge in [0, 0.05) is 5.39 Å². The number of aromatic carboxylic acids is 1. The normalized spacial score (nSPS) is 10.5. The van der Waals surface area contributed by atoms with Gasteiger partial charge in [-0.15, -0.1) is 0 Å². The molecule has 0 saturated heterocycles. The number of fused-ring (bicyclic) bond motifs is 1. The van der Waals surface area contributed by atoms with Crippen LogP contribution in [0.2, 0.25) is 0 Å². The Balaban J connectivity index is 2.83. The van der Waals surface area contributed by atoms with E-state index >= 15 is 0 Å². The molecular weight excluding hydrogens is 293 g/mol. The van der Waals surface area contributed by atoms with Crippen LogP contribution < -0.4 is 4.74 Å². The molecule has 0 unspecified atom stereocenters. The van der Waals surface area contributed by atoms with Crippen LogP contribution in [0.3, 0.4) is 0 Å². The number of rotatable bonds is 2. The Morgan fingerprint density at radius 1 is 1.53 bits per heavy atom. The third kappa shape index (κ3) is 1.95. The van der Waals surface area contributed by atoms with Crippen LogP contribution in [-0.2, 0) is 0 Å². The number of nitrogens with zero attached hydrogens (tertiary/aromatic N) is 1. The van der Waals surface area contributed by atoms with Crippen LogP contribution in [0.1, 0.15) is 10.4 Å². The molecule has 1 aromatic heterocycles. The largest absolute Gasteiger partial charge is 0.480 e. The Bertz CT molecular complexity index is 615. The Hall–Kier alpha value is -1.69. The van der Waals surface area contributed by atoms with E-state index in [4.69, 9.17) is 9.84 Å². The van der Waals surface area contributed by atoms with Crippen LogP contribution in [0.4, 0.5) is 4.39 Å². The Morgan fingerprint density at radius 3 is 2.82 bits per heavy atom. The SMILES string of the molecule is COc1nc2c(F)c(Br)ccc2cc1C(=O)O. The van der Waals surface area contributed by atoms with Crippen molar-refractivity contribution >= 4 is 32.8 Å². The quantitative estimate of drug-likeness (QED) is 0.926. The number of hydrogen-bond acceptors (Lipinski definition) is 3. The lowest BCUT2D eigenvalue weighted by molar-refractivity contribution is 0.0692.